The Hall–Kier alpha value is -2.04. The summed E-state index contributed by atoms with van der Waals surface area (Å²) in [6.45, 7) is 1.84. The van der Waals surface area contributed by atoms with Crippen molar-refractivity contribution in [1.29, 1.82) is 0 Å². The maximum atomic E-state index is 10.7. The molecule has 5 nitrogen and oxygen atoms in total. The molecule has 0 saturated heterocycles. The summed E-state index contributed by atoms with van der Waals surface area (Å²) in [7, 11) is 1.57. The largest absolute Gasteiger partial charge is 0.493 e. The fraction of sp³-hybridized carbons (Fsp3) is 0.273. The number of aryl methyl sites for hydroxylation is 1. The highest BCUT2D eigenvalue weighted by Crippen LogP contribution is 2.21. The van der Waals surface area contributed by atoms with Crippen LogP contribution in [0.1, 0.15) is 11.4 Å². The second-order valence-corrected chi connectivity index (χ2v) is 3.48. The molecule has 0 aliphatic heterocycles. The number of methoxy groups -OCH3 is 1. The van der Waals surface area contributed by atoms with Crippen LogP contribution in [0.25, 0.3) is 5.65 Å². The first-order chi connectivity index (χ1) is 7.63. The number of pyridine rings is 1. The van der Waals surface area contributed by atoms with Crippen LogP contribution in [0.2, 0.25) is 0 Å². The zero-order valence-corrected chi connectivity index (χ0v) is 9.10. The minimum atomic E-state index is -0.884. The van der Waals surface area contributed by atoms with Gasteiger partial charge in [0.2, 0.25) is 0 Å². The van der Waals surface area contributed by atoms with Gasteiger partial charge < -0.3 is 14.2 Å². The van der Waals surface area contributed by atoms with Crippen LogP contribution in [0.15, 0.2) is 18.3 Å². The van der Waals surface area contributed by atoms with Gasteiger partial charge in [-0.15, -0.1) is 0 Å². The van der Waals surface area contributed by atoms with Gasteiger partial charge in [0.05, 0.1) is 19.2 Å². The zero-order valence-electron chi connectivity index (χ0n) is 9.10. The predicted octanol–water partition coefficient (Wildman–Crippen LogP) is 1.28. The van der Waals surface area contributed by atoms with Gasteiger partial charge in [-0.2, -0.15) is 0 Å². The Balaban J connectivity index is 2.62. The van der Waals surface area contributed by atoms with Crippen molar-refractivity contribution in [3.05, 3.63) is 29.7 Å². The van der Waals surface area contributed by atoms with Crippen LogP contribution >= 0.6 is 0 Å². The Morgan fingerprint density at radius 3 is 3.00 bits per heavy atom. The molecule has 84 valence electrons. The molecule has 0 atom stereocenters. The van der Waals surface area contributed by atoms with E-state index in [9.17, 15) is 4.79 Å². The van der Waals surface area contributed by atoms with Crippen molar-refractivity contribution >= 4 is 11.6 Å². The molecule has 0 bridgehead atoms. The van der Waals surface area contributed by atoms with Crippen molar-refractivity contribution in [1.82, 2.24) is 9.38 Å². The SMILES string of the molecule is COc1cccn2c(C)c(CC(=O)O)nc12. The van der Waals surface area contributed by atoms with Gasteiger partial charge in [0.25, 0.3) is 0 Å². The Bertz CT molecular complexity index is 545. The Labute approximate surface area is 92.3 Å². The summed E-state index contributed by atoms with van der Waals surface area (Å²) in [5.74, 6) is -0.243. The molecule has 0 radical (unpaired) electrons. The van der Waals surface area contributed by atoms with Crippen LogP contribution in [0, 0.1) is 6.92 Å². The number of aromatic nitrogens is 2. The number of nitrogens with zero attached hydrogens (tertiary/aromatic N) is 2. The molecule has 2 rings (SSSR count). The van der Waals surface area contributed by atoms with Gasteiger partial charge in [-0.3, -0.25) is 4.79 Å². The van der Waals surface area contributed by atoms with E-state index in [1.807, 2.05) is 23.6 Å². The zero-order chi connectivity index (χ0) is 11.7. The van der Waals surface area contributed by atoms with Crippen molar-refractivity contribution in [3.63, 3.8) is 0 Å². The number of carboxylic acids is 1. The fourth-order valence-electron chi connectivity index (χ4n) is 1.68. The number of fused-ring (bicyclic) bond motifs is 1. The van der Waals surface area contributed by atoms with Gasteiger partial charge in [-0.1, -0.05) is 0 Å². The summed E-state index contributed by atoms with van der Waals surface area (Å²) in [6.07, 6.45) is 1.77. The van der Waals surface area contributed by atoms with E-state index in [-0.39, 0.29) is 6.42 Å². The topological polar surface area (TPSA) is 63.8 Å². The lowest BCUT2D eigenvalue weighted by Crippen LogP contribution is -2.02. The van der Waals surface area contributed by atoms with Crippen LogP contribution in [-0.4, -0.2) is 27.6 Å². The van der Waals surface area contributed by atoms with Crippen LogP contribution in [-0.2, 0) is 11.2 Å². The molecule has 2 aromatic heterocycles. The molecular formula is C11H12N2O3. The number of hydrogen-bond acceptors (Lipinski definition) is 3. The van der Waals surface area contributed by atoms with Crippen molar-refractivity contribution in [2.75, 3.05) is 7.11 Å². The van der Waals surface area contributed by atoms with Crippen molar-refractivity contribution in [2.45, 2.75) is 13.3 Å². The lowest BCUT2D eigenvalue weighted by molar-refractivity contribution is -0.136. The molecule has 16 heavy (non-hydrogen) atoms. The quantitative estimate of drug-likeness (QED) is 0.846. The number of carboxylic acid groups (broad SMARTS) is 1. The average molecular weight is 220 g/mol. The third-order valence-corrected chi connectivity index (χ3v) is 2.49. The second kappa shape index (κ2) is 3.84. The van der Waals surface area contributed by atoms with Crippen LogP contribution in [0.3, 0.4) is 0 Å². The van der Waals surface area contributed by atoms with Gasteiger partial charge in [0.15, 0.2) is 11.4 Å². The lowest BCUT2D eigenvalue weighted by atomic mass is 10.2. The van der Waals surface area contributed by atoms with E-state index in [0.29, 0.717) is 17.1 Å². The van der Waals surface area contributed by atoms with E-state index < -0.39 is 5.97 Å². The third kappa shape index (κ3) is 1.60. The molecule has 0 unspecified atom stereocenters. The smallest absolute Gasteiger partial charge is 0.309 e. The first-order valence-corrected chi connectivity index (χ1v) is 4.86. The molecule has 0 amide bonds. The van der Waals surface area contributed by atoms with Crippen LogP contribution in [0.4, 0.5) is 0 Å². The molecular weight excluding hydrogens is 208 g/mol. The minimum absolute atomic E-state index is 0.0728. The van der Waals surface area contributed by atoms with E-state index in [1.54, 1.807) is 13.2 Å². The summed E-state index contributed by atoms with van der Waals surface area (Å²) in [5.41, 5.74) is 2.05. The van der Waals surface area contributed by atoms with Gasteiger partial charge in [0, 0.05) is 11.9 Å². The summed E-state index contributed by atoms with van der Waals surface area (Å²) in [4.78, 5) is 15.0. The number of hydrogen-bond donors (Lipinski definition) is 1. The summed E-state index contributed by atoms with van der Waals surface area (Å²) >= 11 is 0. The molecule has 0 spiro atoms. The van der Waals surface area contributed by atoms with Crippen molar-refractivity contribution < 1.29 is 14.6 Å². The first kappa shape index (κ1) is 10.5. The number of rotatable bonds is 3. The first-order valence-electron chi connectivity index (χ1n) is 4.86. The van der Waals surface area contributed by atoms with Gasteiger partial charge >= 0.3 is 5.97 Å². The number of ether oxygens (including phenoxy) is 1. The van der Waals surface area contributed by atoms with Crippen LogP contribution in [0.5, 0.6) is 5.75 Å². The molecule has 2 heterocycles. The molecule has 0 aromatic carbocycles. The van der Waals surface area contributed by atoms with Gasteiger partial charge in [-0.05, 0) is 19.1 Å². The second-order valence-electron chi connectivity index (χ2n) is 3.48. The maximum absolute atomic E-state index is 10.7. The molecule has 0 saturated carbocycles. The normalized spacial score (nSPS) is 10.6. The molecule has 0 aliphatic carbocycles. The van der Waals surface area contributed by atoms with Gasteiger partial charge in [-0.25, -0.2) is 4.98 Å². The Kier molecular flexibility index (Phi) is 2.52. The summed E-state index contributed by atoms with van der Waals surface area (Å²) < 4.78 is 7.00. The highest BCUT2D eigenvalue weighted by Gasteiger charge is 2.13. The molecule has 2 aromatic rings. The molecule has 5 heteroatoms. The van der Waals surface area contributed by atoms with E-state index in [0.717, 1.165) is 5.69 Å². The third-order valence-electron chi connectivity index (χ3n) is 2.49. The Morgan fingerprint density at radius 1 is 1.62 bits per heavy atom. The molecule has 0 fully saturated rings. The number of carbonyl (C=O) groups is 1. The van der Waals surface area contributed by atoms with Crippen molar-refractivity contribution in [2.24, 2.45) is 0 Å². The number of imidazole rings is 1. The fourth-order valence-corrected chi connectivity index (χ4v) is 1.68. The number of aliphatic carboxylic acids is 1. The standard InChI is InChI=1S/C11H12N2O3/c1-7-8(6-10(14)15)12-11-9(16-2)4-3-5-13(7)11/h3-5H,6H2,1-2H3,(H,14,15). The van der Waals surface area contributed by atoms with Crippen molar-refractivity contribution in [3.8, 4) is 5.75 Å². The van der Waals surface area contributed by atoms with Gasteiger partial charge in [0.1, 0.15) is 0 Å². The Morgan fingerprint density at radius 2 is 2.38 bits per heavy atom. The van der Waals surface area contributed by atoms with E-state index >= 15 is 0 Å². The molecule has 0 aliphatic rings. The monoisotopic (exact) mass is 220 g/mol. The lowest BCUT2D eigenvalue weighted by Gasteiger charge is -2.01. The predicted molar refractivity (Wildman–Crippen MR) is 57.8 cm³/mol. The van der Waals surface area contributed by atoms with E-state index in [2.05, 4.69) is 4.98 Å². The van der Waals surface area contributed by atoms with E-state index in [1.165, 1.54) is 0 Å². The molecule has 1 N–H and O–H groups in total. The average Bonchev–Trinajstić information content (AvgIpc) is 2.55. The summed E-state index contributed by atoms with van der Waals surface area (Å²) in [5, 5.41) is 8.76. The minimum Gasteiger partial charge on any atom is -0.493 e. The van der Waals surface area contributed by atoms with E-state index in [4.69, 9.17) is 9.84 Å². The summed E-state index contributed by atoms with van der Waals surface area (Å²) in [6, 6.07) is 3.64. The highest BCUT2D eigenvalue weighted by atomic mass is 16.5. The van der Waals surface area contributed by atoms with Crippen LogP contribution < -0.4 is 4.74 Å². The highest BCUT2D eigenvalue weighted by molar-refractivity contribution is 5.71. The maximum Gasteiger partial charge on any atom is 0.309 e.